The SMILES string of the molecule is COc1cccc(C(=O)N2CCC(C(=O)N3CCCC(C)C3)CC2)c1. The molecule has 1 aromatic rings. The molecule has 0 saturated carbocycles. The third-order valence-electron chi connectivity index (χ3n) is 5.42. The first-order valence-electron chi connectivity index (χ1n) is 9.30. The van der Waals surface area contributed by atoms with Crippen molar-refractivity contribution in [2.75, 3.05) is 33.3 Å². The van der Waals surface area contributed by atoms with Crippen LogP contribution in [0.3, 0.4) is 0 Å². The highest BCUT2D eigenvalue weighted by Gasteiger charge is 2.32. The number of methoxy groups -OCH3 is 1. The molecule has 136 valence electrons. The van der Waals surface area contributed by atoms with Crippen molar-refractivity contribution in [1.29, 1.82) is 0 Å². The van der Waals surface area contributed by atoms with E-state index in [1.165, 1.54) is 6.42 Å². The fraction of sp³-hybridized carbons (Fsp3) is 0.600. The summed E-state index contributed by atoms with van der Waals surface area (Å²) < 4.78 is 5.20. The van der Waals surface area contributed by atoms with E-state index >= 15 is 0 Å². The maximum atomic E-state index is 12.7. The highest BCUT2D eigenvalue weighted by Crippen LogP contribution is 2.25. The van der Waals surface area contributed by atoms with E-state index in [9.17, 15) is 9.59 Å². The van der Waals surface area contributed by atoms with E-state index in [-0.39, 0.29) is 11.8 Å². The lowest BCUT2D eigenvalue weighted by Gasteiger charge is -2.37. The minimum Gasteiger partial charge on any atom is -0.497 e. The molecule has 2 fully saturated rings. The van der Waals surface area contributed by atoms with Gasteiger partial charge in [-0.25, -0.2) is 0 Å². The van der Waals surface area contributed by atoms with Gasteiger partial charge in [0.05, 0.1) is 7.11 Å². The summed E-state index contributed by atoms with van der Waals surface area (Å²) >= 11 is 0. The summed E-state index contributed by atoms with van der Waals surface area (Å²) in [5.74, 6) is 1.68. The van der Waals surface area contributed by atoms with Crippen LogP contribution < -0.4 is 4.74 Å². The van der Waals surface area contributed by atoms with Crippen LogP contribution in [-0.4, -0.2) is 54.9 Å². The molecule has 2 amide bonds. The predicted octanol–water partition coefficient (Wildman–Crippen LogP) is 2.81. The highest BCUT2D eigenvalue weighted by atomic mass is 16.5. The smallest absolute Gasteiger partial charge is 0.253 e. The van der Waals surface area contributed by atoms with E-state index in [0.29, 0.717) is 36.2 Å². The summed E-state index contributed by atoms with van der Waals surface area (Å²) in [7, 11) is 1.60. The zero-order valence-electron chi connectivity index (χ0n) is 15.2. The van der Waals surface area contributed by atoms with Gasteiger partial charge in [-0.2, -0.15) is 0 Å². The molecule has 2 heterocycles. The van der Waals surface area contributed by atoms with Crippen molar-refractivity contribution in [3.8, 4) is 5.75 Å². The maximum absolute atomic E-state index is 12.7. The van der Waals surface area contributed by atoms with E-state index in [1.807, 2.05) is 28.0 Å². The quantitative estimate of drug-likeness (QED) is 0.847. The molecule has 2 aliphatic rings. The Kier molecular flexibility index (Phi) is 5.61. The van der Waals surface area contributed by atoms with Gasteiger partial charge in [0.2, 0.25) is 5.91 Å². The molecule has 2 saturated heterocycles. The molecular weight excluding hydrogens is 316 g/mol. The molecule has 0 N–H and O–H groups in total. The van der Waals surface area contributed by atoms with Gasteiger partial charge < -0.3 is 14.5 Å². The number of amides is 2. The van der Waals surface area contributed by atoms with Crippen LogP contribution in [0.5, 0.6) is 5.75 Å². The van der Waals surface area contributed by atoms with E-state index in [4.69, 9.17) is 4.74 Å². The Morgan fingerprint density at radius 2 is 1.84 bits per heavy atom. The van der Waals surface area contributed by atoms with Crippen LogP contribution in [0.4, 0.5) is 0 Å². The first-order valence-corrected chi connectivity index (χ1v) is 9.30. The van der Waals surface area contributed by atoms with Crippen LogP contribution in [0.1, 0.15) is 43.0 Å². The van der Waals surface area contributed by atoms with Gasteiger partial charge in [-0.05, 0) is 49.8 Å². The highest BCUT2D eigenvalue weighted by molar-refractivity contribution is 5.94. The number of hydrogen-bond acceptors (Lipinski definition) is 3. The van der Waals surface area contributed by atoms with E-state index in [0.717, 1.165) is 32.4 Å². The third kappa shape index (κ3) is 4.14. The van der Waals surface area contributed by atoms with Crippen LogP contribution in [0, 0.1) is 11.8 Å². The van der Waals surface area contributed by atoms with Gasteiger partial charge >= 0.3 is 0 Å². The predicted molar refractivity (Wildman–Crippen MR) is 96.6 cm³/mol. The first kappa shape index (κ1) is 17.8. The third-order valence-corrected chi connectivity index (χ3v) is 5.42. The van der Waals surface area contributed by atoms with Crippen LogP contribution in [-0.2, 0) is 4.79 Å². The Morgan fingerprint density at radius 1 is 1.08 bits per heavy atom. The molecule has 5 nitrogen and oxygen atoms in total. The van der Waals surface area contributed by atoms with Crippen LogP contribution in [0.2, 0.25) is 0 Å². The molecule has 1 unspecified atom stereocenters. The van der Waals surface area contributed by atoms with Crippen LogP contribution in [0.15, 0.2) is 24.3 Å². The molecule has 0 aliphatic carbocycles. The zero-order valence-corrected chi connectivity index (χ0v) is 15.2. The maximum Gasteiger partial charge on any atom is 0.253 e. The largest absolute Gasteiger partial charge is 0.497 e. The minimum absolute atomic E-state index is 0.0244. The summed E-state index contributed by atoms with van der Waals surface area (Å²) in [5.41, 5.74) is 0.647. The van der Waals surface area contributed by atoms with Crippen molar-refractivity contribution >= 4 is 11.8 Å². The number of likely N-dealkylation sites (tertiary alicyclic amines) is 2. The van der Waals surface area contributed by atoms with Crippen LogP contribution in [0.25, 0.3) is 0 Å². The lowest BCUT2D eigenvalue weighted by atomic mass is 9.92. The molecule has 3 rings (SSSR count). The van der Waals surface area contributed by atoms with E-state index in [2.05, 4.69) is 6.92 Å². The molecule has 5 heteroatoms. The second-order valence-electron chi connectivity index (χ2n) is 7.33. The molecule has 1 aromatic carbocycles. The molecule has 0 spiro atoms. The number of piperidine rings is 2. The number of carbonyl (C=O) groups is 2. The monoisotopic (exact) mass is 344 g/mol. The van der Waals surface area contributed by atoms with Gasteiger partial charge in [-0.3, -0.25) is 9.59 Å². The number of hydrogen-bond donors (Lipinski definition) is 0. The molecule has 0 aromatic heterocycles. The fourth-order valence-corrected chi connectivity index (χ4v) is 3.92. The lowest BCUT2D eigenvalue weighted by molar-refractivity contribution is -0.138. The van der Waals surface area contributed by atoms with E-state index in [1.54, 1.807) is 13.2 Å². The first-order chi connectivity index (χ1) is 12.1. The van der Waals surface area contributed by atoms with Crippen molar-refractivity contribution in [3.05, 3.63) is 29.8 Å². The van der Waals surface area contributed by atoms with Crippen molar-refractivity contribution in [3.63, 3.8) is 0 Å². The van der Waals surface area contributed by atoms with Gasteiger partial charge in [-0.15, -0.1) is 0 Å². The normalized spacial score (nSPS) is 21.9. The molecular formula is C20H28N2O3. The molecule has 0 bridgehead atoms. The Morgan fingerprint density at radius 3 is 2.52 bits per heavy atom. The van der Waals surface area contributed by atoms with Crippen molar-refractivity contribution < 1.29 is 14.3 Å². The van der Waals surface area contributed by atoms with Crippen molar-refractivity contribution in [1.82, 2.24) is 9.80 Å². The second kappa shape index (κ2) is 7.89. The molecule has 2 aliphatic heterocycles. The Balaban J connectivity index is 1.56. The number of rotatable bonds is 3. The van der Waals surface area contributed by atoms with Gasteiger partial charge in [0.1, 0.15) is 5.75 Å². The number of ether oxygens (including phenoxy) is 1. The summed E-state index contributed by atoms with van der Waals surface area (Å²) in [6.45, 7) is 5.30. The number of carbonyl (C=O) groups excluding carboxylic acids is 2. The van der Waals surface area contributed by atoms with Crippen molar-refractivity contribution in [2.45, 2.75) is 32.6 Å². The average molecular weight is 344 g/mol. The van der Waals surface area contributed by atoms with Crippen LogP contribution >= 0.6 is 0 Å². The number of benzene rings is 1. The standard InChI is InChI=1S/C20H28N2O3/c1-15-5-4-10-22(14-15)19(23)16-8-11-21(12-9-16)20(24)17-6-3-7-18(13-17)25-2/h3,6-7,13,15-16H,4-5,8-12,14H2,1-2H3. The Hall–Kier alpha value is -2.04. The Bertz CT molecular complexity index is 623. The summed E-state index contributed by atoms with van der Waals surface area (Å²) in [6, 6.07) is 7.26. The lowest BCUT2D eigenvalue weighted by Crippen LogP contribution is -2.47. The Labute approximate surface area is 149 Å². The van der Waals surface area contributed by atoms with Gasteiger partial charge in [0, 0.05) is 37.7 Å². The van der Waals surface area contributed by atoms with Crippen molar-refractivity contribution in [2.24, 2.45) is 11.8 Å². The van der Waals surface area contributed by atoms with Gasteiger partial charge in [0.25, 0.3) is 5.91 Å². The zero-order chi connectivity index (χ0) is 17.8. The molecule has 25 heavy (non-hydrogen) atoms. The van der Waals surface area contributed by atoms with E-state index < -0.39 is 0 Å². The second-order valence-corrected chi connectivity index (χ2v) is 7.33. The number of nitrogens with zero attached hydrogens (tertiary/aromatic N) is 2. The fourth-order valence-electron chi connectivity index (χ4n) is 3.92. The molecule has 0 radical (unpaired) electrons. The summed E-state index contributed by atoms with van der Waals surface area (Å²) in [6.07, 6.45) is 3.86. The summed E-state index contributed by atoms with van der Waals surface area (Å²) in [5, 5.41) is 0. The molecule has 1 atom stereocenters. The van der Waals surface area contributed by atoms with Gasteiger partial charge in [-0.1, -0.05) is 13.0 Å². The minimum atomic E-state index is 0.0244. The topological polar surface area (TPSA) is 49.9 Å². The summed E-state index contributed by atoms with van der Waals surface area (Å²) in [4.78, 5) is 29.3. The van der Waals surface area contributed by atoms with Gasteiger partial charge in [0.15, 0.2) is 0 Å². The average Bonchev–Trinajstić information content (AvgIpc) is 2.67.